The maximum atomic E-state index is 13.1. The van der Waals surface area contributed by atoms with E-state index in [-0.39, 0.29) is 16.5 Å². The van der Waals surface area contributed by atoms with Crippen molar-refractivity contribution in [3.8, 4) is 5.75 Å². The summed E-state index contributed by atoms with van der Waals surface area (Å²) in [4.78, 5) is 24.7. The Bertz CT molecular complexity index is 1040. The number of anilines is 1. The summed E-state index contributed by atoms with van der Waals surface area (Å²) < 4.78 is 31.6. The van der Waals surface area contributed by atoms with Crippen molar-refractivity contribution in [2.24, 2.45) is 0 Å². The molecule has 0 bridgehead atoms. The predicted octanol–water partition coefficient (Wildman–Crippen LogP) is 5.26. The number of ether oxygens (including phenoxy) is 1. The second-order valence-corrected chi connectivity index (χ2v) is 6.64. The van der Waals surface area contributed by atoms with Crippen LogP contribution in [-0.4, -0.2) is 17.8 Å². The van der Waals surface area contributed by atoms with Crippen LogP contribution in [0.4, 0.5) is 14.5 Å². The number of hydrogen-bond acceptors (Lipinski definition) is 3. The minimum atomic E-state index is -0.866. The van der Waals surface area contributed by atoms with Crippen molar-refractivity contribution >= 4 is 29.0 Å². The van der Waals surface area contributed by atoms with Crippen molar-refractivity contribution in [1.29, 1.82) is 0 Å². The zero-order valence-corrected chi connectivity index (χ0v) is 16.0. The number of amides is 1. The van der Waals surface area contributed by atoms with Gasteiger partial charge in [-0.2, -0.15) is 0 Å². The average Bonchev–Trinajstić information content (AvgIpc) is 2.70. The van der Waals surface area contributed by atoms with Gasteiger partial charge in [0.1, 0.15) is 17.4 Å². The number of halogens is 3. The molecule has 0 aliphatic heterocycles. The fraction of sp³-hybridized carbons (Fsp3) is 0.0909. The fourth-order valence-electron chi connectivity index (χ4n) is 2.54. The summed E-state index contributed by atoms with van der Waals surface area (Å²) in [6.45, 7) is 1.55. The van der Waals surface area contributed by atoms with Crippen LogP contribution in [0.15, 0.2) is 66.7 Å². The van der Waals surface area contributed by atoms with E-state index in [9.17, 15) is 18.4 Å². The van der Waals surface area contributed by atoms with Crippen LogP contribution in [-0.2, 0) is 4.79 Å². The summed E-state index contributed by atoms with van der Waals surface area (Å²) in [5.41, 5.74) is 1.04. The van der Waals surface area contributed by atoms with E-state index >= 15 is 0 Å². The Morgan fingerprint density at radius 1 is 0.897 bits per heavy atom. The number of benzene rings is 3. The van der Waals surface area contributed by atoms with Crippen LogP contribution in [0.1, 0.15) is 22.8 Å². The molecule has 0 spiro atoms. The number of nitrogens with one attached hydrogen (secondary N) is 1. The lowest BCUT2D eigenvalue weighted by Crippen LogP contribution is -2.30. The standard InChI is InChI=1S/C22H16ClF2NO3/c1-13(22(28)26-20-11-8-17(25)12-19(20)23)29-18-9-4-15(5-10-18)21(27)14-2-6-16(24)7-3-14/h2-13H,1H3,(H,26,28). The minimum absolute atomic E-state index is 0.0780. The summed E-state index contributed by atoms with van der Waals surface area (Å²) >= 11 is 5.90. The molecule has 0 saturated heterocycles. The summed E-state index contributed by atoms with van der Waals surface area (Å²) in [7, 11) is 0. The molecule has 4 nitrogen and oxygen atoms in total. The van der Waals surface area contributed by atoms with Gasteiger partial charge in [0.25, 0.3) is 5.91 Å². The van der Waals surface area contributed by atoms with Crippen molar-refractivity contribution in [3.05, 3.63) is 94.5 Å². The molecule has 0 aliphatic rings. The van der Waals surface area contributed by atoms with Gasteiger partial charge in [-0.05, 0) is 73.7 Å². The molecule has 1 unspecified atom stereocenters. The highest BCUT2D eigenvalue weighted by atomic mass is 35.5. The molecule has 1 amide bonds. The first-order valence-electron chi connectivity index (χ1n) is 8.66. The van der Waals surface area contributed by atoms with Gasteiger partial charge in [0.2, 0.25) is 0 Å². The van der Waals surface area contributed by atoms with Crippen LogP contribution in [0, 0.1) is 11.6 Å². The molecule has 0 fully saturated rings. The Labute approximate surface area is 171 Å². The molecule has 3 rings (SSSR count). The van der Waals surface area contributed by atoms with Crippen molar-refractivity contribution in [3.63, 3.8) is 0 Å². The Kier molecular flexibility index (Phi) is 6.24. The number of ketones is 1. The van der Waals surface area contributed by atoms with E-state index in [4.69, 9.17) is 16.3 Å². The van der Waals surface area contributed by atoms with Crippen LogP contribution in [0.2, 0.25) is 5.02 Å². The lowest BCUT2D eigenvalue weighted by Gasteiger charge is -2.15. The summed E-state index contributed by atoms with van der Waals surface area (Å²) in [6, 6.07) is 15.1. The van der Waals surface area contributed by atoms with Gasteiger partial charge in [0, 0.05) is 11.1 Å². The second kappa shape index (κ2) is 8.84. The SMILES string of the molecule is CC(Oc1ccc(C(=O)c2ccc(F)cc2)cc1)C(=O)Nc1ccc(F)cc1Cl. The molecule has 29 heavy (non-hydrogen) atoms. The van der Waals surface area contributed by atoms with Crippen molar-refractivity contribution in [1.82, 2.24) is 0 Å². The first-order valence-corrected chi connectivity index (χ1v) is 9.04. The van der Waals surface area contributed by atoms with E-state index in [0.29, 0.717) is 16.9 Å². The average molecular weight is 416 g/mol. The summed E-state index contributed by atoms with van der Waals surface area (Å²) in [6.07, 6.45) is -0.866. The highest BCUT2D eigenvalue weighted by Crippen LogP contribution is 2.23. The van der Waals surface area contributed by atoms with Crippen LogP contribution < -0.4 is 10.1 Å². The third kappa shape index (κ3) is 5.18. The molecule has 3 aromatic rings. The van der Waals surface area contributed by atoms with Gasteiger partial charge < -0.3 is 10.1 Å². The summed E-state index contributed by atoms with van der Waals surface area (Å²) in [5, 5.41) is 2.64. The van der Waals surface area contributed by atoms with E-state index in [2.05, 4.69) is 5.32 Å². The van der Waals surface area contributed by atoms with Gasteiger partial charge in [-0.25, -0.2) is 8.78 Å². The third-order valence-electron chi connectivity index (χ3n) is 4.09. The first kappa shape index (κ1) is 20.5. The van der Waals surface area contributed by atoms with Crippen LogP contribution in [0.3, 0.4) is 0 Å². The van der Waals surface area contributed by atoms with Gasteiger partial charge in [-0.3, -0.25) is 9.59 Å². The molecule has 1 N–H and O–H groups in total. The van der Waals surface area contributed by atoms with E-state index in [1.54, 1.807) is 31.2 Å². The Balaban J connectivity index is 1.63. The lowest BCUT2D eigenvalue weighted by molar-refractivity contribution is -0.122. The smallest absolute Gasteiger partial charge is 0.265 e. The molecule has 0 heterocycles. The molecule has 7 heteroatoms. The quantitative estimate of drug-likeness (QED) is 0.559. The Morgan fingerprint density at radius 3 is 2.03 bits per heavy atom. The lowest BCUT2D eigenvalue weighted by atomic mass is 10.0. The van der Waals surface area contributed by atoms with Gasteiger partial charge in [-0.15, -0.1) is 0 Å². The van der Waals surface area contributed by atoms with Crippen LogP contribution in [0.5, 0.6) is 5.75 Å². The summed E-state index contributed by atoms with van der Waals surface area (Å²) in [5.74, 6) is -1.26. The molecular weight excluding hydrogens is 400 g/mol. The van der Waals surface area contributed by atoms with E-state index < -0.39 is 23.6 Å². The highest BCUT2D eigenvalue weighted by molar-refractivity contribution is 6.33. The van der Waals surface area contributed by atoms with E-state index in [0.717, 1.165) is 6.07 Å². The Morgan fingerprint density at radius 2 is 1.45 bits per heavy atom. The topological polar surface area (TPSA) is 55.4 Å². The number of carbonyl (C=O) groups excluding carboxylic acids is 2. The maximum absolute atomic E-state index is 13.1. The van der Waals surface area contributed by atoms with Gasteiger partial charge in [-0.1, -0.05) is 11.6 Å². The van der Waals surface area contributed by atoms with Crippen molar-refractivity contribution in [2.75, 3.05) is 5.32 Å². The molecule has 1 atom stereocenters. The van der Waals surface area contributed by atoms with Crippen molar-refractivity contribution in [2.45, 2.75) is 13.0 Å². The zero-order chi connectivity index (χ0) is 21.0. The van der Waals surface area contributed by atoms with E-state index in [1.165, 1.54) is 36.4 Å². The highest BCUT2D eigenvalue weighted by Gasteiger charge is 2.17. The zero-order valence-electron chi connectivity index (χ0n) is 15.3. The van der Waals surface area contributed by atoms with Crippen molar-refractivity contribution < 1.29 is 23.1 Å². The van der Waals surface area contributed by atoms with Crippen LogP contribution in [0.25, 0.3) is 0 Å². The fourth-order valence-corrected chi connectivity index (χ4v) is 2.75. The number of hydrogen-bond donors (Lipinski definition) is 1. The Hall–Kier alpha value is -3.25. The minimum Gasteiger partial charge on any atom is -0.481 e. The molecule has 0 aliphatic carbocycles. The van der Waals surface area contributed by atoms with Gasteiger partial charge in [0.15, 0.2) is 11.9 Å². The molecule has 0 aromatic heterocycles. The normalized spacial score (nSPS) is 11.6. The van der Waals surface area contributed by atoms with Gasteiger partial charge >= 0.3 is 0 Å². The molecule has 148 valence electrons. The largest absolute Gasteiger partial charge is 0.481 e. The first-order chi connectivity index (χ1) is 13.8. The maximum Gasteiger partial charge on any atom is 0.265 e. The molecule has 3 aromatic carbocycles. The van der Waals surface area contributed by atoms with Crippen LogP contribution >= 0.6 is 11.6 Å². The predicted molar refractivity (Wildman–Crippen MR) is 106 cm³/mol. The second-order valence-electron chi connectivity index (χ2n) is 6.23. The van der Waals surface area contributed by atoms with E-state index in [1.807, 2.05) is 0 Å². The molecule has 0 radical (unpaired) electrons. The molecule has 0 saturated carbocycles. The third-order valence-corrected chi connectivity index (χ3v) is 4.41. The number of rotatable bonds is 6. The monoisotopic (exact) mass is 415 g/mol. The molecular formula is C22H16ClF2NO3. The number of carbonyl (C=O) groups is 2. The van der Waals surface area contributed by atoms with Gasteiger partial charge in [0.05, 0.1) is 10.7 Å².